The molecule has 0 aliphatic carbocycles. The molecule has 1 aliphatic heterocycles. The number of rotatable bonds is 6. The van der Waals surface area contributed by atoms with Gasteiger partial charge in [0.15, 0.2) is 0 Å². The van der Waals surface area contributed by atoms with Crippen molar-refractivity contribution in [3.63, 3.8) is 0 Å². The molecule has 0 spiro atoms. The van der Waals surface area contributed by atoms with Gasteiger partial charge >= 0.3 is 0 Å². The highest BCUT2D eigenvalue weighted by atomic mass is 16.3. The van der Waals surface area contributed by atoms with E-state index in [0.717, 1.165) is 52.1 Å². The van der Waals surface area contributed by atoms with Gasteiger partial charge in [0.2, 0.25) is 0 Å². The molecule has 1 fully saturated rings. The minimum absolute atomic E-state index is 0.0333. The Morgan fingerprint density at radius 3 is 2.21 bits per heavy atom. The maximum atomic E-state index is 10.1. The molecule has 0 saturated carbocycles. The van der Waals surface area contributed by atoms with Crippen molar-refractivity contribution in [2.24, 2.45) is 5.41 Å². The Balaban J connectivity index is 2.17. The summed E-state index contributed by atoms with van der Waals surface area (Å²) in [5, 5.41) is 18.6. The minimum atomic E-state index is -0.255. The van der Waals surface area contributed by atoms with Crippen molar-refractivity contribution in [2.45, 2.75) is 46.1 Å². The average Bonchev–Trinajstić information content (AvgIpc) is 2.35. The third-order valence-corrected chi connectivity index (χ3v) is 3.91. The average molecular weight is 267 g/mol. The van der Waals surface area contributed by atoms with E-state index >= 15 is 0 Å². The number of nitriles is 1. The Kier molecular flexibility index (Phi) is 6.78. The molecule has 1 rings (SSSR count). The summed E-state index contributed by atoms with van der Waals surface area (Å²) in [6.45, 7) is 12.4. The van der Waals surface area contributed by atoms with E-state index < -0.39 is 0 Å². The largest absolute Gasteiger partial charge is 0.391 e. The third kappa shape index (κ3) is 6.38. The summed E-state index contributed by atoms with van der Waals surface area (Å²) in [5.41, 5.74) is -0.0333. The van der Waals surface area contributed by atoms with Crippen molar-refractivity contribution in [2.75, 3.05) is 39.3 Å². The lowest BCUT2D eigenvalue weighted by Crippen LogP contribution is -2.50. The number of hydrogen-bond acceptors (Lipinski definition) is 4. The van der Waals surface area contributed by atoms with Crippen LogP contribution in [0.15, 0.2) is 0 Å². The predicted molar refractivity (Wildman–Crippen MR) is 77.8 cm³/mol. The molecule has 0 radical (unpaired) electrons. The van der Waals surface area contributed by atoms with E-state index in [-0.39, 0.29) is 11.5 Å². The molecular formula is C15H29N3O. The van der Waals surface area contributed by atoms with Gasteiger partial charge in [-0.25, -0.2) is 0 Å². The summed E-state index contributed by atoms with van der Waals surface area (Å²) in [4.78, 5) is 4.83. The number of piperazine rings is 1. The maximum Gasteiger partial charge on any atom is 0.0715 e. The second-order valence-corrected chi connectivity index (χ2v) is 6.64. The number of hydrogen-bond donors (Lipinski definition) is 1. The van der Waals surface area contributed by atoms with Crippen LogP contribution in [0.1, 0.15) is 40.0 Å². The van der Waals surface area contributed by atoms with Crippen LogP contribution in [0, 0.1) is 16.7 Å². The molecule has 1 heterocycles. The number of β-amino-alcohol motifs (C(OH)–C–C–N with tert-alkyl or cyclic N) is 1. The van der Waals surface area contributed by atoms with Crippen LogP contribution in [0.2, 0.25) is 0 Å². The third-order valence-electron chi connectivity index (χ3n) is 3.91. The summed E-state index contributed by atoms with van der Waals surface area (Å²) in [6.07, 6.45) is 2.56. The van der Waals surface area contributed by atoms with E-state index in [9.17, 15) is 5.11 Å². The van der Waals surface area contributed by atoms with Crippen LogP contribution >= 0.6 is 0 Å². The van der Waals surface area contributed by atoms with Crippen LogP contribution in [0.5, 0.6) is 0 Å². The van der Waals surface area contributed by atoms with E-state index in [2.05, 4.69) is 36.6 Å². The Morgan fingerprint density at radius 2 is 1.68 bits per heavy atom. The summed E-state index contributed by atoms with van der Waals surface area (Å²) < 4.78 is 0. The molecule has 1 unspecified atom stereocenters. The zero-order valence-corrected chi connectivity index (χ0v) is 12.7. The number of unbranched alkanes of at least 4 members (excludes halogenated alkanes) is 2. The van der Waals surface area contributed by atoms with Gasteiger partial charge in [-0.3, -0.25) is 4.90 Å². The van der Waals surface area contributed by atoms with Gasteiger partial charge in [-0.15, -0.1) is 0 Å². The lowest BCUT2D eigenvalue weighted by atomic mass is 9.89. The van der Waals surface area contributed by atoms with Crippen LogP contribution in [-0.4, -0.2) is 60.3 Å². The quantitative estimate of drug-likeness (QED) is 0.744. The van der Waals surface area contributed by atoms with Crippen LogP contribution in [0.25, 0.3) is 0 Å². The molecule has 4 heteroatoms. The Bertz CT molecular complexity index is 285. The molecule has 1 aliphatic rings. The van der Waals surface area contributed by atoms with Crippen molar-refractivity contribution >= 4 is 0 Å². The first kappa shape index (κ1) is 16.4. The van der Waals surface area contributed by atoms with Gasteiger partial charge in [0, 0.05) is 39.1 Å². The second-order valence-electron chi connectivity index (χ2n) is 6.64. The first-order valence-corrected chi connectivity index (χ1v) is 7.43. The summed E-state index contributed by atoms with van der Waals surface area (Å²) in [5.74, 6) is 0. The zero-order valence-electron chi connectivity index (χ0n) is 12.7. The predicted octanol–water partition coefficient (Wildman–Crippen LogP) is 1.70. The number of aliphatic hydroxyl groups excluding tert-OH is 1. The SMILES string of the molecule is CC(C)(C)C(O)CN1CCN(CCCCC#N)CC1. The van der Waals surface area contributed by atoms with Gasteiger partial charge in [0.05, 0.1) is 12.2 Å². The van der Waals surface area contributed by atoms with Crippen molar-refractivity contribution in [3.05, 3.63) is 0 Å². The Hall–Kier alpha value is -0.630. The lowest BCUT2D eigenvalue weighted by molar-refractivity contribution is 0.0133. The Labute approximate surface area is 118 Å². The fourth-order valence-electron chi connectivity index (χ4n) is 2.25. The normalized spacial score (nSPS) is 20.2. The molecule has 0 amide bonds. The number of aliphatic hydroxyl groups is 1. The van der Waals surface area contributed by atoms with Crippen LogP contribution in [0.3, 0.4) is 0 Å². The first-order valence-electron chi connectivity index (χ1n) is 7.43. The lowest BCUT2D eigenvalue weighted by Gasteiger charge is -2.38. The fourth-order valence-corrected chi connectivity index (χ4v) is 2.25. The highest BCUT2D eigenvalue weighted by Gasteiger charge is 2.26. The molecule has 1 atom stereocenters. The maximum absolute atomic E-state index is 10.1. The summed E-state index contributed by atoms with van der Waals surface area (Å²) >= 11 is 0. The highest BCUT2D eigenvalue weighted by molar-refractivity contribution is 4.80. The molecule has 4 nitrogen and oxygen atoms in total. The summed E-state index contributed by atoms with van der Waals surface area (Å²) in [7, 11) is 0. The Morgan fingerprint density at radius 1 is 1.11 bits per heavy atom. The molecule has 0 aromatic carbocycles. The summed E-state index contributed by atoms with van der Waals surface area (Å²) in [6, 6.07) is 2.19. The molecule has 110 valence electrons. The second kappa shape index (κ2) is 7.84. The first-order chi connectivity index (χ1) is 8.93. The molecule has 1 N–H and O–H groups in total. The van der Waals surface area contributed by atoms with E-state index in [4.69, 9.17) is 5.26 Å². The molecule has 0 aromatic heterocycles. The molecule has 1 saturated heterocycles. The van der Waals surface area contributed by atoms with Gasteiger partial charge < -0.3 is 10.0 Å². The van der Waals surface area contributed by atoms with Crippen LogP contribution in [0.4, 0.5) is 0 Å². The molecule has 0 bridgehead atoms. The van der Waals surface area contributed by atoms with E-state index in [0.29, 0.717) is 6.42 Å². The van der Waals surface area contributed by atoms with E-state index in [1.807, 2.05) is 0 Å². The van der Waals surface area contributed by atoms with Crippen molar-refractivity contribution in [1.29, 1.82) is 5.26 Å². The van der Waals surface area contributed by atoms with Crippen LogP contribution in [-0.2, 0) is 0 Å². The van der Waals surface area contributed by atoms with E-state index in [1.54, 1.807) is 0 Å². The zero-order chi connectivity index (χ0) is 14.3. The molecule has 19 heavy (non-hydrogen) atoms. The number of nitrogens with zero attached hydrogens (tertiary/aromatic N) is 3. The van der Waals surface area contributed by atoms with Gasteiger partial charge in [-0.1, -0.05) is 20.8 Å². The minimum Gasteiger partial charge on any atom is -0.391 e. The molecular weight excluding hydrogens is 238 g/mol. The fraction of sp³-hybridized carbons (Fsp3) is 0.933. The highest BCUT2D eigenvalue weighted by Crippen LogP contribution is 2.20. The van der Waals surface area contributed by atoms with Crippen LogP contribution < -0.4 is 0 Å². The smallest absolute Gasteiger partial charge is 0.0715 e. The monoisotopic (exact) mass is 267 g/mol. The standard InChI is InChI=1S/C15H29N3O/c1-15(2,3)14(19)13-18-11-9-17(10-12-18)8-6-4-5-7-16/h14,19H,4-6,8-13H2,1-3H3. The van der Waals surface area contributed by atoms with Crippen molar-refractivity contribution in [3.8, 4) is 6.07 Å². The van der Waals surface area contributed by atoms with Gasteiger partial charge in [-0.2, -0.15) is 5.26 Å². The van der Waals surface area contributed by atoms with Gasteiger partial charge in [0.1, 0.15) is 0 Å². The van der Waals surface area contributed by atoms with Gasteiger partial charge in [-0.05, 0) is 24.8 Å². The van der Waals surface area contributed by atoms with Crippen molar-refractivity contribution in [1.82, 2.24) is 9.80 Å². The van der Waals surface area contributed by atoms with Crippen molar-refractivity contribution < 1.29 is 5.11 Å². The topological polar surface area (TPSA) is 50.5 Å². The van der Waals surface area contributed by atoms with E-state index in [1.165, 1.54) is 0 Å². The van der Waals surface area contributed by atoms with Gasteiger partial charge in [0.25, 0.3) is 0 Å². The molecule has 0 aromatic rings.